The predicted molar refractivity (Wildman–Crippen MR) is 130 cm³/mol. The molecule has 5 rings (SSSR count). The van der Waals surface area contributed by atoms with Crippen LogP contribution in [0.3, 0.4) is 0 Å². The van der Waals surface area contributed by atoms with E-state index in [9.17, 15) is 4.79 Å². The van der Waals surface area contributed by atoms with Crippen molar-refractivity contribution in [3.05, 3.63) is 65.7 Å². The summed E-state index contributed by atoms with van der Waals surface area (Å²) in [5.74, 6) is 0.945. The third kappa shape index (κ3) is 4.77. The quantitative estimate of drug-likeness (QED) is 0.517. The summed E-state index contributed by atoms with van der Waals surface area (Å²) >= 11 is 1.48. The van der Waals surface area contributed by atoms with Crippen LogP contribution in [-0.4, -0.2) is 65.0 Å². The van der Waals surface area contributed by atoms with Crippen molar-refractivity contribution >= 4 is 23.6 Å². The zero-order chi connectivity index (χ0) is 22.6. The highest BCUT2D eigenvalue weighted by Crippen LogP contribution is 2.39. The summed E-state index contributed by atoms with van der Waals surface area (Å²) in [6.45, 7) is 6.43. The van der Waals surface area contributed by atoms with Crippen molar-refractivity contribution in [2.24, 2.45) is 0 Å². The number of aryl methyl sites for hydroxylation is 1. The maximum atomic E-state index is 13.6. The minimum absolute atomic E-state index is 0.0932. The van der Waals surface area contributed by atoms with Crippen molar-refractivity contribution in [1.29, 1.82) is 0 Å². The molecule has 0 N–H and O–H groups in total. The molecule has 2 aliphatic rings. The molecule has 1 aromatic heterocycles. The van der Waals surface area contributed by atoms with Crippen LogP contribution in [-0.2, 0) is 9.53 Å². The molecule has 2 aromatic carbocycles. The van der Waals surface area contributed by atoms with E-state index in [1.165, 1.54) is 17.3 Å². The third-order valence-corrected chi connectivity index (χ3v) is 7.35. The zero-order valence-corrected chi connectivity index (χ0v) is 19.7. The molecule has 172 valence electrons. The highest BCUT2D eigenvalue weighted by molar-refractivity contribution is 8.00. The van der Waals surface area contributed by atoms with Crippen molar-refractivity contribution < 1.29 is 9.53 Å². The lowest BCUT2D eigenvalue weighted by Crippen LogP contribution is -2.42. The SMILES string of the molecule is Cc1ccc(-n2c(SC(C(=O)N3CCOCC3)c3ccccc3)nnc2N2CCCC2)cc1. The maximum absolute atomic E-state index is 13.6. The number of nitrogens with zero attached hydrogens (tertiary/aromatic N) is 5. The first-order chi connectivity index (χ1) is 16.2. The second-order valence-electron chi connectivity index (χ2n) is 8.49. The maximum Gasteiger partial charge on any atom is 0.240 e. The minimum atomic E-state index is -0.399. The highest BCUT2D eigenvalue weighted by atomic mass is 32.2. The van der Waals surface area contributed by atoms with Gasteiger partial charge >= 0.3 is 0 Å². The summed E-state index contributed by atoms with van der Waals surface area (Å²) in [5, 5.41) is 9.51. The van der Waals surface area contributed by atoms with E-state index in [2.05, 4.69) is 50.9 Å². The summed E-state index contributed by atoms with van der Waals surface area (Å²) < 4.78 is 7.58. The Kier molecular flexibility index (Phi) is 6.64. The van der Waals surface area contributed by atoms with E-state index in [0.717, 1.165) is 48.3 Å². The number of thioether (sulfide) groups is 1. The van der Waals surface area contributed by atoms with Gasteiger partial charge in [-0.3, -0.25) is 9.36 Å². The molecule has 3 heterocycles. The number of aromatic nitrogens is 3. The fourth-order valence-corrected chi connectivity index (χ4v) is 5.46. The van der Waals surface area contributed by atoms with Crippen LogP contribution >= 0.6 is 11.8 Å². The van der Waals surface area contributed by atoms with Gasteiger partial charge in [0.25, 0.3) is 0 Å². The molecule has 0 aliphatic carbocycles. The number of amides is 1. The molecule has 0 bridgehead atoms. The second kappa shape index (κ2) is 9.97. The van der Waals surface area contributed by atoms with E-state index < -0.39 is 5.25 Å². The molecular weight excluding hydrogens is 434 g/mol. The Morgan fingerprint density at radius 3 is 2.33 bits per heavy atom. The van der Waals surface area contributed by atoms with Crippen molar-refractivity contribution in [1.82, 2.24) is 19.7 Å². The number of morpholine rings is 1. The first-order valence-corrected chi connectivity index (χ1v) is 12.4. The summed E-state index contributed by atoms with van der Waals surface area (Å²) in [6.07, 6.45) is 2.32. The van der Waals surface area contributed by atoms with Gasteiger partial charge in [-0.25, -0.2) is 0 Å². The van der Waals surface area contributed by atoms with E-state index in [1.807, 2.05) is 35.2 Å². The van der Waals surface area contributed by atoms with Gasteiger partial charge in [0.05, 0.1) is 18.9 Å². The van der Waals surface area contributed by atoms with Crippen LogP contribution in [0.25, 0.3) is 5.69 Å². The molecule has 0 radical (unpaired) electrons. The largest absolute Gasteiger partial charge is 0.378 e. The molecule has 2 saturated heterocycles. The number of anilines is 1. The summed E-state index contributed by atoms with van der Waals surface area (Å²) in [7, 11) is 0. The number of benzene rings is 2. The molecule has 1 atom stereocenters. The fourth-order valence-electron chi connectivity index (χ4n) is 4.32. The van der Waals surface area contributed by atoms with E-state index in [1.54, 1.807) is 0 Å². The van der Waals surface area contributed by atoms with Crippen LogP contribution < -0.4 is 4.90 Å². The van der Waals surface area contributed by atoms with Crippen LogP contribution in [0, 0.1) is 6.92 Å². The molecule has 2 fully saturated rings. The average Bonchev–Trinajstić information content (AvgIpc) is 3.54. The van der Waals surface area contributed by atoms with Crippen LogP contribution in [0.5, 0.6) is 0 Å². The highest BCUT2D eigenvalue weighted by Gasteiger charge is 2.31. The number of carbonyl (C=O) groups excluding carboxylic acids is 1. The molecule has 1 amide bonds. The van der Waals surface area contributed by atoms with Gasteiger partial charge in [0, 0.05) is 26.2 Å². The standard InChI is InChI=1S/C25H29N5O2S/c1-19-9-11-21(12-10-19)30-24(29-13-5-6-14-29)26-27-25(30)33-22(20-7-3-2-4-8-20)23(31)28-15-17-32-18-16-28/h2-4,7-12,22H,5-6,13-18H2,1H3. The molecule has 7 nitrogen and oxygen atoms in total. The van der Waals surface area contributed by atoms with E-state index in [4.69, 9.17) is 4.74 Å². The molecule has 0 saturated carbocycles. The average molecular weight is 464 g/mol. The number of ether oxygens (including phenoxy) is 1. The van der Waals surface area contributed by atoms with Gasteiger partial charge in [0.1, 0.15) is 5.25 Å². The lowest BCUT2D eigenvalue weighted by molar-refractivity contribution is -0.134. The minimum Gasteiger partial charge on any atom is -0.378 e. The number of hydrogen-bond donors (Lipinski definition) is 0. The second-order valence-corrected chi connectivity index (χ2v) is 9.57. The molecule has 0 spiro atoms. The molecular formula is C25H29N5O2S. The van der Waals surface area contributed by atoms with E-state index in [-0.39, 0.29) is 5.91 Å². The Labute approximate surface area is 198 Å². The molecule has 3 aromatic rings. The van der Waals surface area contributed by atoms with Crippen LogP contribution in [0.15, 0.2) is 59.8 Å². The van der Waals surface area contributed by atoms with E-state index in [0.29, 0.717) is 26.3 Å². The number of carbonyl (C=O) groups is 1. The summed E-state index contributed by atoms with van der Waals surface area (Å²) in [6, 6.07) is 18.4. The van der Waals surface area contributed by atoms with Gasteiger partial charge in [-0.05, 0) is 37.5 Å². The van der Waals surface area contributed by atoms with Gasteiger partial charge in [-0.1, -0.05) is 59.8 Å². The predicted octanol–water partition coefficient (Wildman–Crippen LogP) is 3.87. The topological polar surface area (TPSA) is 63.5 Å². The lowest BCUT2D eigenvalue weighted by atomic mass is 10.1. The van der Waals surface area contributed by atoms with Crippen molar-refractivity contribution in [2.45, 2.75) is 30.2 Å². The Morgan fingerprint density at radius 2 is 1.64 bits per heavy atom. The van der Waals surface area contributed by atoms with Crippen LogP contribution in [0.4, 0.5) is 5.95 Å². The number of hydrogen-bond acceptors (Lipinski definition) is 6. The Bertz CT molecular complexity index is 1070. The third-order valence-electron chi connectivity index (χ3n) is 6.17. The van der Waals surface area contributed by atoms with E-state index >= 15 is 0 Å². The monoisotopic (exact) mass is 463 g/mol. The Morgan fingerprint density at radius 1 is 0.939 bits per heavy atom. The van der Waals surface area contributed by atoms with Crippen LogP contribution in [0.2, 0.25) is 0 Å². The Hall–Kier alpha value is -2.84. The first kappa shape index (κ1) is 22.0. The fraction of sp³-hybridized carbons (Fsp3) is 0.400. The number of rotatable bonds is 6. The van der Waals surface area contributed by atoms with Gasteiger partial charge in [-0.15, -0.1) is 10.2 Å². The van der Waals surface area contributed by atoms with Gasteiger partial charge in [-0.2, -0.15) is 0 Å². The van der Waals surface area contributed by atoms with Gasteiger partial charge in [0.15, 0.2) is 5.16 Å². The zero-order valence-electron chi connectivity index (χ0n) is 18.9. The lowest BCUT2D eigenvalue weighted by Gasteiger charge is -2.30. The van der Waals surface area contributed by atoms with Gasteiger partial charge < -0.3 is 14.5 Å². The molecule has 33 heavy (non-hydrogen) atoms. The smallest absolute Gasteiger partial charge is 0.240 e. The van der Waals surface area contributed by atoms with Gasteiger partial charge in [0.2, 0.25) is 11.9 Å². The summed E-state index contributed by atoms with van der Waals surface area (Å²) in [4.78, 5) is 17.8. The molecule has 2 aliphatic heterocycles. The molecule has 8 heteroatoms. The summed E-state index contributed by atoms with van der Waals surface area (Å²) in [5.41, 5.74) is 3.19. The molecule has 1 unspecified atom stereocenters. The first-order valence-electron chi connectivity index (χ1n) is 11.6. The van der Waals surface area contributed by atoms with Crippen molar-refractivity contribution in [3.8, 4) is 5.69 Å². The normalized spacial score (nSPS) is 17.4. The van der Waals surface area contributed by atoms with Crippen molar-refractivity contribution in [2.75, 3.05) is 44.3 Å². The Balaban J connectivity index is 1.53. The van der Waals surface area contributed by atoms with Crippen molar-refractivity contribution in [3.63, 3.8) is 0 Å². The van der Waals surface area contributed by atoms with Crippen LogP contribution in [0.1, 0.15) is 29.2 Å².